The van der Waals surface area contributed by atoms with Crippen LogP contribution in [0.15, 0.2) is 18.2 Å². The number of nitrogens with two attached hydrogens (primary N) is 1. The van der Waals surface area contributed by atoms with E-state index in [1.54, 1.807) is 13.0 Å². The molecule has 0 spiro atoms. The van der Waals surface area contributed by atoms with Crippen molar-refractivity contribution < 1.29 is 13.9 Å². The number of carbonyl (C=O) groups is 1. The summed E-state index contributed by atoms with van der Waals surface area (Å²) < 4.78 is 20.1. The van der Waals surface area contributed by atoms with E-state index in [2.05, 4.69) is 16.9 Å². The zero-order valence-electron chi connectivity index (χ0n) is 15.7. The monoisotopic (exact) mass is 369 g/mol. The minimum Gasteiger partial charge on any atom is -0.490 e. The third kappa shape index (κ3) is 3.40. The number of ether oxygens (including phenoxy) is 1. The molecule has 2 N–H and O–H groups in total. The largest absolute Gasteiger partial charge is 0.490 e. The Hall–Kier alpha value is -2.50. The number of aryl methyl sites for hydroxylation is 1. The molecule has 0 saturated heterocycles. The molecule has 3 atom stereocenters. The van der Waals surface area contributed by atoms with Crippen molar-refractivity contribution in [2.24, 2.45) is 5.92 Å². The molecule has 1 aromatic carbocycles. The first-order chi connectivity index (χ1) is 12.9. The van der Waals surface area contributed by atoms with Gasteiger partial charge in [0.05, 0.1) is 17.0 Å². The summed E-state index contributed by atoms with van der Waals surface area (Å²) in [6.07, 6.45) is 4.23. The number of aromatic nitrogens is 2. The van der Waals surface area contributed by atoms with Gasteiger partial charge in [-0.1, -0.05) is 13.0 Å². The Labute approximate surface area is 158 Å². The number of carbonyl (C=O) groups excluding carboxylic acids is 1. The molecular formula is C21H24FN3O2. The topological polar surface area (TPSA) is 78.1 Å². The van der Waals surface area contributed by atoms with E-state index in [0.717, 1.165) is 24.8 Å². The maximum atomic E-state index is 13.9. The van der Waals surface area contributed by atoms with E-state index in [9.17, 15) is 9.18 Å². The molecule has 2 aliphatic rings. The second-order valence-corrected chi connectivity index (χ2v) is 7.76. The van der Waals surface area contributed by atoms with Crippen molar-refractivity contribution in [3.8, 4) is 5.75 Å². The Balaban J connectivity index is 1.68. The molecular weight excluding hydrogens is 345 g/mol. The van der Waals surface area contributed by atoms with Crippen molar-refractivity contribution in [2.75, 3.05) is 5.73 Å². The Morgan fingerprint density at radius 1 is 1.22 bits per heavy atom. The first kappa shape index (κ1) is 17.9. The van der Waals surface area contributed by atoms with Gasteiger partial charge in [-0.15, -0.1) is 0 Å². The van der Waals surface area contributed by atoms with Crippen LogP contribution in [0.4, 0.5) is 10.3 Å². The number of nitrogens with zero attached hydrogens (tertiary/aromatic N) is 2. The van der Waals surface area contributed by atoms with Gasteiger partial charge in [0.1, 0.15) is 17.7 Å². The van der Waals surface area contributed by atoms with Crippen LogP contribution in [-0.2, 0) is 6.42 Å². The Kier molecular flexibility index (Phi) is 4.58. The van der Waals surface area contributed by atoms with Crippen LogP contribution in [0, 0.1) is 18.7 Å². The molecule has 0 radical (unpaired) electrons. The lowest BCUT2D eigenvalue weighted by atomic mass is 9.81. The molecule has 2 aliphatic carbocycles. The van der Waals surface area contributed by atoms with Gasteiger partial charge < -0.3 is 10.5 Å². The standard InChI is InChI=1S/C21H24FN3O2/c1-11-4-3-5-18(11)27-19-10-14(22)6-7-15(19)13-8-16-20(17(26)9-13)12(2)24-21(23)25-16/h6-7,10-11,13,18H,3-5,8-9H2,1-2H3,(H2,23,24,25). The molecule has 4 rings (SSSR count). The van der Waals surface area contributed by atoms with Crippen LogP contribution in [-0.4, -0.2) is 21.9 Å². The number of anilines is 1. The zero-order chi connectivity index (χ0) is 19.1. The van der Waals surface area contributed by atoms with E-state index in [0.29, 0.717) is 41.5 Å². The smallest absolute Gasteiger partial charge is 0.220 e. The summed E-state index contributed by atoms with van der Waals surface area (Å²) in [5.41, 5.74) is 8.52. The summed E-state index contributed by atoms with van der Waals surface area (Å²) in [5, 5.41) is 0. The zero-order valence-corrected chi connectivity index (χ0v) is 15.7. The van der Waals surface area contributed by atoms with Crippen molar-refractivity contribution >= 4 is 11.7 Å². The van der Waals surface area contributed by atoms with Crippen molar-refractivity contribution in [2.45, 2.75) is 58.0 Å². The van der Waals surface area contributed by atoms with Gasteiger partial charge in [0.2, 0.25) is 5.95 Å². The summed E-state index contributed by atoms with van der Waals surface area (Å²) >= 11 is 0. The predicted octanol–water partition coefficient (Wildman–Crippen LogP) is 3.99. The van der Waals surface area contributed by atoms with Gasteiger partial charge in [0.25, 0.3) is 0 Å². The van der Waals surface area contributed by atoms with Crippen molar-refractivity contribution in [1.82, 2.24) is 9.97 Å². The number of benzene rings is 1. The first-order valence-corrected chi connectivity index (χ1v) is 9.54. The van der Waals surface area contributed by atoms with E-state index >= 15 is 0 Å². The number of hydrogen-bond acceptors (Lipinski definition) is 5. The van der Waals surface area contributed by atoms with Crippen LogP contribution in [0.2, 0.25) is 0 Å². The van der Waals surface area contributed by atoms with E-state index in [1.807, 2.05) is 0 Å². The average molecular weight is 369 g/mol. The van der Waals surface area contributed by atoms with E-state index in [-0.39, 0.29) is 29.6 Å². The molecule has 27 heavy (non-hydrogen) atoms. The summed E-state index contributed by atoms with van der Waals surface area (Å²) in [6, 6.07) is 4.62. The maximum absolute atomic E-state index is 13.9. The highest BCUT2D eigenvalue weighted by Gasteiger charge is 2.32. The van der Waals surface area contributed by atoms with Crippen LogP contribution in [0.1, 0.15) is 65.8 Å². The Bertz CT molecular complexity index is 899. The minimum absolute atomic E-state index is 0.00302. The fourth-order valence-electron chi connectivity index (χ4n) is 4.41. The van der Waals surface area contributed by atoms with Crippen molar-refractivity contribution in [3.05, 3.63) is 46.5 Å². The number of Topliss-reactive ketones (excluding diaryl/α,β-unsaturated/α-hetero) is 1. The summed E-state index contributed by atoms with van der Waals surface area (Å²) in [5.74, 6) is 0.743. The van der Waals surface area contributed by atoms with E-state index < -0.39 is 0 Å². The van der Waals surface area contributed by atoms with Crippen LogP contribution >= 0.6 is 0 Å². The fourth-order valence-corrected chi connectivity index (χ4v) is 4.41. The molecule has 5 nitrogen and oxygen atoms in total. The lowest BCUT2D eigenvalue weighted by Gasteiger charge is -2.27. The summed E-state index contributed by atoms with van der Waals surface area (Å²) in [7, 11) is 0. The second-order valence-electron chi connectivity index (χ2n) is 7.76. The lowest BCUT2D eigenvalue weighted by Crippen LogP contribution is -2.24. The lowest BCUT2D eigenvalue weighted by molar-refractivity contribution is 0.0960. The van der Waals surface area contributed by atoms with Gasteiger partial charge in [-0.2, -0.15) is 0 Å². The first-order valence-electron chi connectivity index (χ1n) is 9.54. The highest BCUT2D eigenvalue weighted by Crippen LogP contribution is 2.39. The maximum Gasteiger partial charge on any atom is 0.220 e. The van der Waals surface area contributed by atoms with Crippen LogP contribution in [0.5, 0.6) is 5.75 Å². The Morgan fingerprint density at radius 2 is 2.04 bits per heavy atom. The predicted molar refractivity (Wildman–Crippen MR) is 100 cm³/mol. The third-order valence-corrected chi connectivity index (χ3v) is 5.81. The molecule has 1 heterocycles. The second kappa shape index (κ2) is 6.91. The van der Waals surface area contributed by atoms with Crippen LogP contribution in [0.3, 0.4) is 0 Å². The van der Waals surface area contributed by atoms with Gasteiger partial charge in [-0.05, 0) is 50.2 Å². The van der Waals surface area contributed by atoms with Crippen molar-refractivity contribution in [1.29, 1.82) is 0 Å². The molecule has 1 aromatic heterocycles. The average Bonchev–Trinajstić information content (AvgIpc) is 2.98. The molecule has 2 aromatic rings. The van der Waals surface area contributed by atoms with Crippen molar-refractivity contribution in [3.63, 3.8) is 0 Å². The van der Waals surface area contributed by atoms with Gasteiger partial charge >= 0.3 is 0 Å². The molecule has 1 fully saturated rings. The third-order valence-electron chi connectivity index (χ3n) is 5.81. The Morgan fingerprint density at radius 3 is 2.78 bits per heavy atom. The highest BCUT2D eigenvalue weighted by molar-refractivity contribution is 5.99. The molecule has 0 bridgehead atoms. The molecule has 3 unspecified atom stereocenters. The normalized spacial score (nSPS) is 24.7. The van der Waals surface area contributed by atoms with Gasteiger partial charge in [0, 0.05) is 18.4 Å². The highest BCUT2D eigenvalue weighted by atomic mass is 19.1. The van der Waals surface area contributed by atoms with Gasteiger partial charge in [0.15, 0.2) is 5.78 Å². The number of nitrogen functional groups attached to an aromatic ring is 1. The molecule has 6 heteroatoms. The molecule has 142 valence electrons. The quantitative estimate of drug-likeness (QED) is 0.885. The van der Waals surface area contributed by atoms with Gasteiger partial charge in [-0.25, -0.2) is 14.4 Å². The fraction of sp³-hybridized carbons (Fsp3) is 0.476. The molecule has 0 aliphatic heterocycles. The SMILES string of the molecule is Cc1nc(N)nc2c1C(=O)CC(c1ccc(F)cc1OC1CCCC1C)C2. The van der Waals surface area contributed by atoms with Gasteiger partial charge in [-0.3, -0.25) is 4.79 Å². The number of fused-ring (bicyclic) bond motifs is 1. The number of rotatable bonds is 3. The number of halogens is 1. The van der Waals surface area contributed by atoms with Crippen LogP contribution in [0.25, 0.3) is 0 Å². The number of hydrogen-bond donors (Lipinski definition) is 1. The van der Waals surface area contributed by atoms with E-state index in [4.69, 9.17) is 10.5 Å². The number of ketones is 1. The van der Waals surface area contributed by atoms with Crippen LogP contribution < -0.4 is 10.5 Å². The minimum atomic E-state index is -0.329. The molecule has 0 amide bonds. The van der Waals surface area contributed by atoms with E-state index in [1.165, 1.54) is 12.1 Å². The summed E-state index contributed by atoms with van der Waals surface area (Å²) in [4.78, 5) is 21.1. The molecule has 1 saturated carbocycles. The summed E-state index contributed by atoms with van der Waals surface area (Å²) in [6.45, 7) is 3.95.